The molecule has 0 spiro atoms. The maximum atomic E-state index is 11.9. The molecule has 2 N–H and O–H groups in total. The topological polar surface area (TPSA) is 62.5 Å². The summed E-state index contributed by atoms with van der Waals surface area (Å²) in [7, 11) is 0. The van der Waals surface area contributed by atoms with E-state index in [-0.39, 0.29) is 12.3 Å². The van der Waals surface area contributed by atoms with Crippen molar-refractivity contribution in [3.8, 4) is 0 Å². The third-order valence-corrected chi connectivity index (χ3v) is 3.86. The monoisotopic (exact) mass is 321 g/mol. The number of aryl methyl sites for hydroxylation is 2. The van der Waals surface area contributed by atoms with Crippen molar-refractivity contribution in [3.05, 3.63) is 58.0 Å². The summed E-state index contributed by atoms with van der Waals surface area (Å²) in [5.41, 5.74) is 1.57. The summed E-state index contributed by atoms with van der Waals surface area (Å²) >= 11 is 6.02. The second kappa shape index (κ2) is 7.47. The van der Waals surface area contributed by atoms with Crippen molar-refractivity contribution in [2.75, 3.05) is 6.54 Å². The van der Waals surface area contributed by atoms with E-state index in [1.807, 2.05) is 38.1 Å². The van der Waals surface area contributed by atoms with Gasteiger partial charge in [-0.05, 0) is 38.0 Å². The van der Waals surface area contributed by atoms with Crippen LogP contribution in [-0.4, -0.2) is 17.6 Å². The first-order chi connectivity index (χ1) is 10.5. The van der Waals surface area contributed by atoms with Crippen LogP contribution in [0.1, 0.15) is 35.2 Å². The lowest BCUT2D eigenvalue weighted by Gasteiger charge is -2.11. The molecule has 1 heterocycles. The van der Waals surface area contributed by atoms with Crippen LogP contribution in [0.5, 0.6) is 0 Å². The summed E-state index contributed by atoms with van der Waals surface area (Å²) in [6.07, 6.45) is 0.0336. The van der Waals surface area contributed by atoms with Gasteiger partial charge in [-0.15, -0.1) is 0 Å². The molecule has 5 heteroatoms. The summed E-state index contributed by atoms with van der Waals surface area (Å²) in [4.78, 5) is 11.9. The molecule has 1 aromatic carbocycles. The number of carbonyl (C=O) groups is 1. The van der Waals surface area contributed by atoms with Crippen molar-refractivity contribution < 1.29 is 14.3 Å². The van der Waals surface area contributed by atoms with Gasteiger partial charge in [0.1, 0.15) is 11.5 Å². The predicted molar refractivity (Wildman–Crippen MR) is 85.9 cm³/mol. The third kappa shape index (κ3) is 4.36. The Balaban J connectivity index is 1.80. The van der Waals surface area contributed by atoms with E-state index in [9.17, 15) is 9.90 Å². The van der Waals surface area contributed by atoms with Crippen LogP contribution in [0.25, 0.3) is 0 Å². The van der Waals surface area contributed by atoms with Crippen molar-refractivity contribution in [1.82, 2.24) is 5.32 Å². The molecular formula is C17H20ClNO3. The predicted octanol–water partition coefficient (Wildman–Crippen LogP) is 3.33. The fraction of sp³-hybridized carbons (Fsp3) is 0.353. The molecule has 1 aromatic heterocycles. The number of rotatable bonds is 6. The minimum absolute atomic E-state index is 0.111. The lowest BCUT2D eigenvalue weighted by Crippen LogP contribution is -2.27. The molecule has 118 valence electrons. The van der Waals surface area contributed by atoms with E-state index >= 15 is 0 Å². The molecule has 0 aliphatic carbocycles. The summed E-state index contributed by atoms with van der Waals surface area (Å²) in [6.45, 7) is 4.06. The van der Waals surface area contributed by atoms with Crippen LogP contribution in [0.4, 0.5) is 0 Å². The highest BCUT2D eigenvalue weighted by molar-refractivity contribution is 6.31. The number of benzene rings is 1. The SMILES string of the molecule is Cc1cc([C@H](O)CCNC(=O)Cc2ccccc2Cl)c(C)o1. The summed E-state index contributed by atoms with van der Waals surface area (Å²) in [5, 5.41) is 13.5. The molecule has 22 heavy (non-hydrogen) atoms. The number of halogens is 1. The Kier molecular flexibility index (Phi) is 5.63. The van der Waals surface area contributed by atoms with Gasteiger partial charge in [-0.2, -0.15) is 0 Å². The molecule has 0 radical (unpaired) electrons. The van der Waals surface area contributed by atoms with Crippen LogP contribution >= 0.6 is 11.6 Å². The van der Waals surface area contributed by atoms with Crippen molar-refractivity contribution in [2.45, 2.75) is 32.8 Å². The Morgan fingerprint density at radius 3 is 2.73 bits per heavy atom. The molecular weight excluding hydrogens is 302 g/mol. The quantitative estimate of drug-likeness (QED) is 0.857. The van der Waals surface area contributed by atoms with Gasteiger partial charge in [0.25, 0.3) is 0 Å². The average molecular weight is 322 g/mol. The summed E-state index contributed by atoms with van der Waals surface area (Å²) in [5.74, 6) is 1.38. The van der Waals surface area contributed by atoms with Crippen molar-refractivity contribution in [2.24, 2.45) is 0 Å². The lowest BCUT2D eigenvalue weighted by molar-refractivity contribution is -0.120. The van der Waals surface area contributed by atoms with Gasteiger partial charge in [-0.3, -0.25) is 4.79 Å². The van der Waals surface area contributed by atoms with Gasteiger partial charge in [-0.25, -0.2) is 0 Å². The molecule has 4 nitrogen and oxygen atoms in total. The highest BCUT2D eigenvalue weighted by Gasteiger charge is 2.14. The van der Waals surface area contributed by atoms with Crippen LogP contribution in [-0.2, 0) is 11.2 Å². The van der Waals surface area contributed by atoms with Crippen molar-refractivity contribution in [1.29, 1.82) is 0 Å². The summed E-state index contributed by atoms with van der Waals surface area (Å²) in [6, 6.07) is 9.09. The van der Waals surface area contributed by atoms with Crippen LogP contribution < -0.4 is 5.32 Å². The zero-order valence-corrected chi connectivity index (χ0v) is 13.5. The van der Waals surface area contributed by atoms with E-state index in [0.29, 0.717) is 23.7 Å². The Labute approximate surface area is 135 Å². The van der Waals surface area contributed by atoms with Gasteiger partial charge in [0.15, 0.2) is 0 Å². The zero-order valence-electron chi connectivity index (χ0n) is 12.7. The van der Waals surface area contributed by atoms with E-state index in [1.165, 1.54) is 0 Å². The minimum Gasteiger partial charge on any atom is -0.466 e. The Hall–Kier alpha value is -1.78. The van der Waals surface area contributed by atoms with Gasteiger partial charge >= 0.3 is 0 Å². The first-order valence-electron chi connectivity index (χ1n) is 7.22. The average Bonchev–Trinajstić information content (AvgIpc) is 2.80. The number of nitrogens with one attached hydrogen (secondary N) is 1. The number of furan rings is 1. The number of aliphatic hydroxyl groups excluding tert-OH is 1. The lowest BCUT2D eigenvalue weighted by atomic mass is 10.1. The molecule has 0 aliphatic rings. The number of hydrogen-bond donors (Lipinski definition) is 2. The first-order valence-corrected chi connectivity index (χ1v) is 7.60. The molecule has 0 fully saturated rings. The standard InChI is InChI=1S/C17H20ClNO3/c1-11-9-14(12(2)22-11)16(20)7-8-19-17(21)10-13-5-3-4-6-15(13)18/h3-6,9,16,20H,7-8,10H2,1-2H3,(H,19,21)/t16-/m1/s1. The van der Waals surface area contributed by atoms with E-state index < -0.39 is 6.10 Å². The van der Waals surface area contributed by atoms with E-state index in [1.54, 1.807) is 6.07 Å². The van der Waals surface area contributed by atoms with Gasteiger partial charge in [0, 0.05) is 17.1 Å². The molecule has 1 amide bonds. The summed E-state index contributed by atoms with van der Waals surface area (Å²) < 4.78 is 5.39. The van der Waals surface area contributed by atoms with Crippen LogP contribution in [0, 0.1) is 13.8 Å². The second-order valence-electron chi connectivity index (χ2n) is 5.29. The van der Waals surface area contributed by atoms with Crippen molar-refractivity contribution >= 4 is 17.5 Å². The first kappa shape index (κ1) is 16.6. The fourth-order valence-electron chi connectivity index (χ4n) is 2.36. The molecule has 2 aromatic rings. The molecule has 0 aliphatic heterocycles. The van der Waals surface area contributed by atoms with E-state index in [0.717, 1.165) is 16.9 Å². The minimum atomic E-state index is -0.641. The maximum absolute atomic E-state index is 11.9. The van der Waals surface area contributed by atoms with Crippen LogP contribution in [0.2, 0.25) is 5.02 Å². The highest BCUT2D eigenvalue weighted by atomic mass is 35.5. The third-order valence-electron chi connectivity index (χ3n) is 3.49. The number of amides is 1. The van der Waals surface area contributed by atoms with Gasteiger partial charge in [0.2, 0.25) is 5.91 Å². The smallest absolute Gasteiger partial charge is 0.224 e. The fourth-order valence-corrected chi connectivity index (χ4v) is 2.56. The van der Waals surface area contributed by atoms with Gasteiger partial charge < -0.3 is 14.8 Å². The van der Waals surface area contributed by atoms with Gasteiger partial charge in [-0.1, -0.05) is 29.8 Å². The van der Waals surface area contributed by atoms with Gasteiger partial charge in [0.05, 0.1) is 12.5 Å². The van der Waals surface area contributed by atoms with E-state index in [4.69, 9.17) is 16.0 Å². The Morgan fingerprint density at radius 1 is 1.36 bits per heavy atom. The van der Waals surface area contributed by atoms with Crippen LogP contribution in [0.3, 0.4) is 0 Å². The normalized spacial score (nSPS) is 12.2. The molecule has 1 atom stereocenters. The number of hydrogen-bond acceptors (Lipinski definition) is 3. The number of carbonyl (C=O) groups excluding carboxylic acids is 1. The number of aliphatic hydroxyl groups is 1. The highest BCUT2D eigenvalue weighted by Crippen LogP contribution is 2.23. The van der Waals surface area contributed by atoms with E-state index in [2.05, 4.69) is 5.32 Å². The molecule has 0 saturated heterocycles. The second-order valence-corrected chi connectivity index (χ2v) is 5.70. The molecule has 0 bridgehead atoms. The Bertz CT molecular complexity index is 651. The molecule has 0 unspecified atom stereocenters. The molecule has 2 rings (SSSR count). The largest absolute Gasteiger partial charge is 0.466 e. The van der Waals surface area contributed by atoms with Crippen LogP contribution in [0.15, 0.2) is 34.7 Å². The van der Waals surface area contributed by atoms with Crippen molar-refractivity contribution in [3.63, 3.8) is 0 Å². The Morgan fingerprint density at radius 2 is 2.09 bits per heavy atom. The molecule has 0 saturated carbocycles. The zero-order chi connectivity index (χ0) is 16.1. The maximum Gasteiger partial charge on any atom is 0.224 e.